The summed E-state index contributed by atoms with van der Waals surface area (Å²) in [4.78, 5) is 8.14. The fourth-order valence-corrected chi connectivity index (χ4v) is 1.93. The number of ether oxygens (including phenoxy) is 1. The Balaban J connectivity index is 1.96. The number of hydrogen-bond acceptors (Lipinski definition) is 4. The number of aromatic nitrogens is 4. The van der Waals surface area contributed by atoms with Crippen LogP contribution < -0.4 is 4.74 Å². The van der Waals surface area contributed by atoms with E-state index in [1.54, 1.807) is 4.52 Å². The molecule has 0 atom stereocenters. The molecule has 6 heteroatoms. The van der Waals surface area contributed by atoms with Crippen LogP contribution in [0, 0.1) is 6.92 Å². The molecule has 0 fully saturated rings. The summed E-state index contributed by atoms with van der Waals surface area (Å²) in [6.07, 6.45) is 1.42. The Morgan fingerprint density at radius 3 is 2.84 bits per heavy atom. The third-order valence-electron chi connectivity index (χ3n) is 2.77. The Labute approximate surface area is 114 Å². The van der Waals surface area contributed by atoms with E-state index >= 15 is 0 Å². The molecule has 0 amide bonds. The topological polar surface area (TPSA) is 52.3 Å². The number of rotatable bonds is 3. The van der Waals surface area contributed by atoms with Crippen molar-refractivity contribution in [3.63, 3.8) is 0 Å². The molecule has 2 heterocycles. The van der Waals surface area contributed by atoms with Crippen LogP contribution in [0.2, 0.25) is 5.15 Å². The van der Waals surface area contributed by atoms with Crippen LogP contribution in [-0.4, -0.2) is 19.6 Å². The molecule has 3 rings (SSSR count). The highest BCUT2D eigenvalue weighted by Crippen LogP contribution is 2.24. The number of nitrogens with zero attached hydrogens (tertiary/aromatic N) is 4. The molecule has 0 saturated carbocycles. The van der Waals surface area contributed by atoms with Gasteiger partial charge in [-0.15, -0.1) is 0 Å². The zero-order valence-electron chi connectivity index (χ0n) is 10.2. The van der Waals surface area contributed by atoms with Gasteiger partial charge >= 0.3 is 0 Å². The normalized spacial score (nSPS) is 10.8. The minimum absolute atomic E-state index is 0.378. The third-order valence-corrected chi connectivity index (χ3v) is 3.14. The van der Waals surface area contributed by atoms with Crippen molar-refractivity contribution in [2.24, 2.45) is 0 Å². The smallest absolute Gasteiger partial charge is 0.256 e. The number of benzene rings is 1. The van der Waals surface area contributed by atoms with Gasteiger partial charge in [-0.1, -0.05) is 41.9 Å². The molecule has 0 aliphatic carbocycles. The lowest BCUT2D eigenvalue weighted by molar-refractivity contribution is 0.283. The first-order chi connectivity index (χ1) is 9.25. The molecule has 0 bridgehead atoms. The van der Waals surface area contributed by atoms with Crippen molar-refractivity contribution >= 4 is 17.4 Å². The first-order valence-corrected chi connectivity index (χ1v) is 6.16. The minimum Gasteiger partial charge on any atom is -0.472 e. The van der Waals surface area contributed by atoms with Crippen LogP contribution >= 0.6 is 11.6 Å². The molecule has 0 saturated heterocycles. The highest BCUT2D eigenvalue weighted by molar-refractivity contribution is 6.30. The molecule has 2 aromatic heterocycles. The maximum Gasteiger partial charge on any atom is 0.256 e. The van der Waals surface area contributed by atoms with Gasteiger partial charge in [-0.3, -0.25) is 0 Å². The van der Waals surface area contributed by atoms with Crippen LogP contribution in [0.4, 0.5) is 0 Å². The molecule has 0 aliphatic heterocycles. The fraction of sp³-hybridized carbons (Fsp3) is 0.154. The first kappa shape index (κ1) is 11.9. The van der Waals surface area contributed by atoms with Gasteiger partial charge in [0.1, 0.15) is 18.1 Å². The molecule has 1 aromatic carbocycles. The van der Waals surface area contributed by atoms with Gasteiger partial charge in [0.2, 0.25) is 5.88 Å². The number of hydrogen-bond donors (Lipinski definition) is 0. The molecule has 19 heavy (non-hydrogen) atoms. The van der Waals surface area contributed by atoms with Gasteiger partial charge in [0.15, 0.2) is 0 Å². The van der Waals surface area contributed by atoms with E-state index in [0.717, 1.165) is 11.1 Å². The lowest BCUT2D eigenvalue weighted by atomic mass is 10.2. The van der Waals surface area contributed by atoms with E-state index in [1.807, 2.05) is 37.3 Å². The Morgan fingerprint density at radius 2 is 2.05 bits per heavy atom. The zero-order chi connectivity index (χ0) is 13.2. The van der Waals surface area contributed by atoms with Crippen LogP contribution in [0.25, 0.3) is 5.78 Å². The predicted octanol–water partition coefficient (Wildman–Crippen LogP) is 2.67. The van der Waals surface area contributed by atoms with Crippen LogP contribution in [0.1, 0.15) is 11.1 Å². The van der Waals surface area contributed by atoms with Crippen molar-refractivity contribution in [3.05, 3.63) is 52.9 Å². The molecule has 0 N–H and O–H groups in total. The van der Waals surface area contributed by atoms with E-state index in [4.69, 9.17) is 16.3 Å². The van der Waals surface area contributed by atoms with Gasteiger partial charge in [0.25, 0.3) is 5.78 Å². The second-order valence-corrected chi connectivity index (χ2v) is 4.44. The van der Waals surface area contributed by atoms with Crippen molar-refractivity contribution in [2.45, 2.75) is 13.5 Å². The lowest BCUT2D eigenvalue weighted by Crippen LogP contribution is -2.05. The molecular weight excluding hydrogens is 264 g/mol. The summed E-state index contributed by atoms with van der Waals surface area (Å²) in [6, 6.07) is 9.90. The first-order valence-electron chi connectivity index (χ1n) is 5.78. The van der Waals surface area contributed by atoms with Crippen LogP contribution in [0.5, 0.6) is 5.88 Å². The summed E-state index contributed by atoms with van der Waals surface area (Å²) in [6.45, 7) is 2.29. The second-order valence-electron chi connectivity index (χ2n) is 4.08. The standard InChI is InChI=1S/C13H11ClN4O/c1-9-11(14)17-13-15-8-16-18(13)12(9)19-7-10-5-3-2-4-6-10/h2-6,8H,7H2,1H3. The van der Waals surface area contributed by atoms with E-state index in [2.05, 4.69) is 15.1 Å². The average molecular weight is 275 g/mol. The number of fused-ring (bicyclic) bond motifs is 1. The molecular formula is C13H11ClN4O. The van der Waals surface area contributed by atoms with Crippen molar-refractivity contribution in [1.29, 1.82) is 0 Å². The van der Waals surface area contributed by atoms with E-state index in [1.165, 1.54) is 6.33 Å². The minimum atomic E-state index is 0.378. The third kappa shape index (κ3) is 2.24. The number of halogens is 1. The van der Waals surface area contributed by atoms with Crippen LogP contribution in [0.15, 0.2) is 36.7 Å². The van der Waals surface area contributed by atoms with E-state index in [9.17, 15) is 0 Å². The highest BCUT2D eigenvalue weighted by Gasteiger charge is 2.13. The van der Waals surface area contributed by atoms with Gasteiger partial charge in [-0.05, 0) is 12.5 Å². The summed E-state index contributed by atoms with van der Waals surface area (Å²) in [5, 5.41) is 4.47. The van der Waals surface area contributed by atoms with Crippen molar-refractivity contribution in [2.75, 3.05) is 0 Å². The SMILES string of the molecule is Cc1c(Cl)nc2ncnn2c1OCc1ccccc1. The van der Waals surface area contributed by atoms with Crippen molar-refractivity contribution in [1.82, 2.24) is 19.6 Å². The monoisotopic (exact) mass is 274 g/mol. The van der Waals surface area contributed by atoms with Gasteiger partial charge in [0.05, 0.1) is 0 Å². The molecule has 5 nitrogen and oxygen atoms in total. The van der Waals surface area contributed by atoms with Gasteiger partial charge in [-0.2, -0.15) is 19.6 Å². The summed E-state index contributed by atoms with van der Waals surface area (Å²) in [5.74, 6) is 0.995. The Bertz CT molecular complexity index is 711. The fourth-order valence-electron chi connectivity index (χ4n) is 1.77. The maximum absolute atomic E-state index is 6.06. The molecule has 0 aliphatic rings. The largest absolute Gasteiger partial charge is 0.472 e. The summed E-state index contributed by atoms with van der Waals surface area (Å²) < 4.78 is 7.36. The molecule has 0 spiro atoms. The van der Waals surface area contributed by atoms with Crippen LogP contribution in [-0.2, 0) is 6.61 Å². The Hall–Kier alpha value is -2.14. The lowest BCUT2D eigenvalue weighted by Gasteiger charge is -2.10. The van der Waals surface area contributed by atoms with E-state index in [0.29, 0.717) is 23.4 Å². The summed E-state index contributed by atoms with van der Waals surface area (Å²) in [5.41, 5.74) is 1.82. The Morgan fingerprint density at radius 1 is 1.26 bits per heavy atom. The summed E-state index contributed by atoms with van der Waals surface area (Å²) >= 11 is 6.06. The van der Waals surface area contributed by atoms with Crippen LogP contribution in [0.3, 0.4) is 0 Å². The van der Waals surface area contributed by atoms with E-state index < -0.39 is 0 Å². The highest BCUT2D eigenvalue weighted by atomic mass is 35.5. The maximum atomic E-state index is 6.06. The van der Waals surface area contributed by atoms with Crippen molar-refractivity contribution < 1.29 is 4.74 Å². The average Bonchev–Trinajstić information content (AvgIpc) is 2.88. The zero-order valence-corrected chi connectivity index (χ0v) is 11.0. The second kappa shape index (κ2) is 4.85. The molecule has 96 valence electrons. The van der Waals surface area contributed by atoms with Gasteiger partial charge in [-0.25, -0.2) is 0 Å². The summed E-state index contributed by atoms with van der Waals surface area (Å²) in [7, 11) is 0. The van der Waals surface area contributed by atoms with E-state index in [-0.39, 0.29) is 0 Å². The molecule has 0 radical (unpaired) electrons. The van der Waals surface area contributed by atoms with Crippen molar-refractivity contribution in [3.8, 4) is 5.88 Å². The van der Waals surface area contributed by atoms with Gasteiger partial charge < -0.3 is 4.74 Å². The predicted molar refractivity (Wildman–Crippen MR) is 71.3 cm³/mol. The Kier molecular flexibility index (Phi) is 3.05. The molecule has 0 unspecified atom stereocenters. The quantitative estimate of drug-likeness (QED) is 0.689. The van der Waals surface area contributed by atoms with Gasteiger partial charge in [0, 0.05) is 5.56 Å². The molecule has 3 aromatic rings.